The molecule has 0 fully saturated rings. The molecule has 94 valence electrons. The van der Waals surface area contributed by atoms with E-state index in [0.29, 0.717) is 11.3 Å². The molecule has 1 aliphatic rings. The van der Waals surface area contributed by atoms with Crippen LogP contribution in [0, 0.1) is 0 Å². The van der Waals surface area contributed by atoms with Crippen LogP contribution in [0.25, 0.3) is 11.3 Å². The molecule has 0 aliphatic heterocycles. The van der Waals surface area contributed by atoms with Gasteiger partial charge in [-0.25, -0.2) is 0 Å². The second-order valence-electron chi connectivity index (χ2n) is 4.49. The Morgan fingerprint density at radius 3 is 2.33 bits per heavy atom. The Kier molecular flexibility index (Phi) is 2.47. The van der Waals surface area contributed by atoms with Crippen molar-refractivity contribution in [3.05, 3.63) is 47.2 Å². The molecule has 4 heteroatoms. The summed E-state index contributed by atoms with van der Waals surface area (Å²) >= 11 is 0. The first-order valence-electron chi connectivity index (χ1n) is 5.83. The van der Waals surface area contributed by atoms with Crippen LogP contribution < -0.4 is 0 Å². The highest BCUT2D eigenvalue weighted by atomic mass is 19.4. The molecule has 0 radical (unpaired) electrons. The topological polar surface area (TPSA) is 13.1 Å². The van der Waals surface area contributed by atoms with E-state index in [9.17, 15) is 13.2 Å². The van der Waals surface area contributed by atoms with Crippen molar-refractivity contribution in [3.8, 4) is 11.3 Å². The van der Waals surface area contributed by atoms with E-state index < -0.39 is 11.7 Å². The normalized spacial score (nSPS) is 14.8. The zero-order valence-corrected chi connectivity index (χ0v) is 9.55. The van der Waals surface area contributed by atoms with E-state index in [1.165, 1.54) is 17.7 Å². The standard InChI is InChI=1S/C14H11F3O/c15-14(16,17)11-6-4-9(5-7-11)13-8-10-2-1-3-12(10)18-13/h4-8H,1-3H2. The Balaban J connectivity index is 1.92. The number of rotatable bonds is 1. The minimum absolute atomic E-state index is 0.634. The number of alkyl halides is 3. The molecule has 1 nitrogen and oxygen atoms in total. The lowest BCUT2D eigenvalue weighted by Gasteiger charge is -2.06. The fourth-order valence-electron chi connectivity index (χ4n) is 2.29. The maximum atomic E-state index is 12.4. The number of fused-ring (bicyclic) bond motifs is 1. The van der Waals surface area contributed by atoms with Crippen LogP contribution in [0.15, 0.2) is 34.7 Å². The Morgan fingerprint density at radius 2 is 1.72 bits per heavy atom. The number of halogens is 3. The van der Waals surface area contributed by atoms with Crippen LogP contribution in [0.5, 0.6) is 0 Å². The largest absolute Gasteiger partial charge is 0.461 e. The third-order valence-corrected chi connectivity index (χ3v) is 3.24. The van der Waals surface area contributed by atoms with Gasteiger partial charge in [-0.05, 0) is 36.6 Å². The molecule has 0 atom stereocenters. The maximum Gasteiger partial charge on any atom is 0.416 e. The molecule has 0 unspecified atom stereocenters. The summed E-state index contributed by atoms with van der Waals surface area (Å²) in [7, 11) is 0. The van der Waals surface area contributed by atoms with Crippen LogP contribution in [0.1, 0.15) is 23.3 Å². The second-order valence-corrected chi connectivity index (χ2v) is 4.49. The zero-order valence-electron chi connectivity index (χ0n) is 9.55. The fourth-order valence-corrected chi connectivity index (χ4v) is 2.29. The van der Waals surface area contributed by atoms with Crippen molar-refractivity contribution in [1.29, 1.82) is 0 Å². The van der Waals surface area contributed by atoms with Gasteiger partial charge in [0, 0.05) is 12.0 Å². The predicted molar refractivity (Wildman–Crippen MR) is 61.2 cm³/mol. The molecule has 1 aromatic heterocycles. The summed E-state index contributed by atoms with van der Waals surface area (Å²) in [5.74, 6) is 1.64. The first kappa shape index (κ1) is 11.4. The molecule has 1 aromatic carbocycles. The molecule has 18 heavy (non-hydrogen) atoms. The Hall–Kier alpha value is -1.71. The van der Waals surface area contributed by atoms with Crippen molar-refractivity contribution in [1.82, 2.24) is 0 Å². The first-order valence-corrected chi connectivity index (χ1v) is 5.83. The summed E-state index contributed by atoms with van der Waals surface area (Å²) < 4.78 is 42.9. The van der Waals surface area contributed by atoms with Gasteiger partial charge in [0.1, 0.15) is 11.5 Å². The van der Waals surface area contributed by atoms with E-state index in [0.717, 1.165) is 37.2 Å². The molecule has 1 aliphatic carbocycles. The van der Waals surface area contributed by atoms with E-state index in [1.54, 1.807) is 0 Å². The lowest BCUT2D eigenvalue weighted by Crippen LogP contribution is -2.03. The molecule has 0 N–H and O–H groups in total. The van der Waals surface area contributed by atoms with Crippen LogP contribution in [0.2, 0.25) is 0 Å². The van der Waals surface area contributed by atoms with Gasteiger partial charge in [0.2, 0.25) is 0 Å². The molecular weight excluding hydrogens is 241 g/mol. The first-order chi connectivity index (χ1) is 8.54. The Labute approximate surface area is 102 Å². The number of aryl methyl sites for hydroxylation is 2. The number of hydrogen-bond donors (Lipinski definition) is 0. The highest BCUT2D eigenvalue weighted by molar-refractivity contribution is 5.60. The van der Waals surface area contributed by atoms with Gasteiger partial charge in [-0.2, -0.15) is 13.2 Å². The summed E-state index contributed by atoms with van der Waals surface area (Å²) in [5, 5.41) is 0. The quantitative estimate of drug-likeness (QED) is 0.730. The third-order valence-electron chi connectivity index (χ3n) is 3.24. The van der Waals surface area contributed by atoms with Crippen molar-refractivity contribution in [3.63, 3.8) is 0 Å². The van der Waals surface area contributed by atoms with Crippen LogP contribution >= 0.6 is 0 Å². The van der Waals surface area contributed by atoms with Crippen LogP contribution in [0.4, 0.5) is 13.2 Å². The summed E-state index contributed by atoms with van der Waals surface area (Å²) in [5.41, 5.74) is 1.24. The number of hydrogen-bond acceptors (Lipinski definition) is 1. The Bertz CT molecular complexity index is 542. The number of benzene rings is 1. The van der Waals surface area contributed by atoms with Gasteiger partial charge in [-0.1, -0.05) is 12.1 Å². The molecular formula is C14H11F3O. The second kappa shape index (κ2) is 3.90. The van der Waals surface area contributed by atoms with Crippen LogP contribution in [-0.2, 0) is 19.0 Å². The maximum absolute atomic E-state index is 12.4. The van der Waals surface area contributed by atoms with E-state index in [4.69, 9.17) is 4.42 Å². The van der Waals surface area contributed by atoms with Gasteiger partial charge in [-0.3, -0.25) is 0 Å². The molecule has 3 rings (SSSR count). The molecule has 2 aromatic rings. The predicted octanol–water partition coefficient (Wildman–Crippen LogP) is 4.45. The van der Waals surface area contributed by atoms with E-state index in [2.05, 4.69) is 0 Å². The number of furan rings is 1. The highest BCUT2D eigenvalue weighted by Gasteiger charge is 2.30. The minimum atomic E-state index is -4.29. The van der Waals surface area contributed by atoms with Crippen molar-refractivity contribution in [2.45, 2.75) is 25.4 Å². The summed E-state index contributed by atoms with van der Waals surface area (Å²) in [6.07, 6.45) is -1.26. The van der Waals surface area contributed by atoms with Crippen LogP contribution in [0.3, 0.4) is 0 Å². The summed E-state index contributed by atoms with van der Waals surface area (Å²) in [4.78, 5) is 0. The lowest BCUT2D eigenvalue weighted by atomic mass is 10.1. The van der Waals surface area contributed by atoms with E-state index >= 15 is 0 Å². The lowest BCUT2D eigenvalue weighted by molar-refractivity contribution is -0.137. The van der Waals surface area contributed by atoms with Gasteiger partial charge < -0.3 is 4.42 Å². The highest BCUT2D eigenvalue weighted by Crippen LogP contribution is 2.34. The smallest absolute Gasteiger partial charge is 0.416 e. The molecule has 0 saturated carbocycles. The third kappa shape index (κ3) is 1.92. The molecule has 0 amide bonds. The Morgan fingerprint density at radius 1 is 1.00 bits per heavy atom. The van der Waals surface area contributed by atoms with Crippen molar-refractivity contribution in [2.24, 2.45) is 0 Å². The molecule has 0 spiro atoms. The molecule has 1 heterocycles. The zero-order chi connectivity index (χ0) is 12.8. The van der Waals surface area contributed by atoms with Crippen molar-refractivity contribution < 1.29 is 17.6 Å². The van der Waals surface area contributed by atoms with Gasteiger partial charge in [0.15, 0.2) is 0 Å². The minimum Gasteiger partial charge on any atom is -0.461 e. The molecule has 0 bridgehead atoms. The van der Waals surface area contributed by atoms with Gasteiger partial charge in [0.25, 0.3) is 0 Å². The van der Waals surface area contributed by atoms with E-state index in [-0.39, 0.29) is 0 Å². The molecule has 0 saturated heterocycles. The SMILES string of the molecule is FC(F)(F)c1ccc(-c2cc3c(o2)CCC3)cc1. The average molecular weight is 252 g/mol. The fraction of sp³-hybridized carbons (Fsp3) is 0.286. The van der Waals surface area contributed by atoms with Crippen molar-refractivity contribution >= 4 is 0 Å². The summed E-state index contributed by atoms with van der Waals surface area (Å²) in [6.45, 7) is 0. The van der Waals surface area contributed by atoms with Gasteiger partial charge in [-0.15, -0.1) is 0 Å². The average Bonchev–Trinajstić information content (AvgIpc) is 2.88. The van der Waals surface area contributed by atoms with Gasteiger partial charge >= 0.3 is 6.18 Å². The monoisotopic (exact) mass is 252 g/mol. The van der Waals surface area contributed by atoms with Crippen LogP contribution in [-0.4, -0.2) is 0 Å². The van der Waals surface area contributed by atoms with Crippen molar-refractivity contribution in [2.75, 3.05) is 0 Å². The van der Waals surface area contributed by atoms with E-state index in [1.807, 2.05) is 6.07 Å². The summed E-state index contributed by atoms with van der Waals surface area (Å²) in [6, 6.07) is 7.02. The van der Waals surface area contributed by atoms with Gasteiger partial charge in [0.05, 0.1) is 5.56 Å².